The predicted octanol–water partition coefficient (Wildman–Crippen LogP) is -0.0929. The lowest BCUT2D eigenvalue weighted by atomic mass is 9.89. The van der Waals surface area contributed by atoms with E-state index in [1.807, 2.05) is 6.92 Å². The smallest absolute Gasteiger partial charge is 0.0518 e. The van der Waals surface area contributed by atoms with Crippen LogP contribution in [0.3, 0.4) is 0 Å². The van der Waals surface area contributed by atoms with Gasteiger partial charge in [-0.3, -0.25) is 0 Å². The fourth-order valence-corrected chi connectivity index (χ4v) is 2.20. The van der Waals surface area contributed by atoms with Gasteiger partial charge in [-0.05, 0) is 25.9 Å². The molecule has 2 unspecified atom stereocenters. The first-order valence-electron chi connectivity index (χ1n) is 6.14. The summed E-state index contributed by atoms with van der Waals surface area (Å²) in [5, 5.41) is 21.9. The highest BCUT2D eigenvalue weighted by molar-refractivity contribution is 4.84. The first-order valence-corrected chi connectivity index (χ1v) is 6.14. The Labute approximate surface area is 98.6 Å². The Morgan fingerprint density at radius 2 is 2.00 bits per heavy atom. The summed E-state index contributed by atoms with van der Waals surface area (Å²) in [7, 11) is 2.15. The van der Waals surface area contributed by atoms with Crippen LogP contribution in [0, 0.1) is 11.3 Å². The zero-order chi connectivity index (χ0) is 12.2. The first kappa shape index (κ1) is 13.9. The van der Waals surface area contributed by atoms with Gasteiger partial charge in [-0.1, -0.05) is 13.8 Å². The molecule has 4 heteroatoms. The molecule has 0 aromatic rings. The van der Waals surface area contributed by atoms with Crippen LogP contribution in [0.1, 0.15) is 20.3 Å². The van der Waals surface area contributed by atoms with Gasteiger partial charge in [-0.2, -0.15) is 0 Å². The normalized spacial score (nSPS) is 28.3. The first-order chi connectivity index (χ1) is 7.50. The maximum atomic E-state index is 9.21. The highest BCUT2D eigenvalue weighted by Crippen LogP contribution is 2.18. The fourth-order valence-electron chi connectivity index (χ4n) is 2.20. The number of aliphatic hydroxyl groups excluding tert-OH is 2. The van der Waals surface area contributed by atoms with E-state index in [1.54, 1.807) is 0 Å². The number of nitrogens with zero attached hydrogens (tertiary/aromatic N) is 1. The Balaban J connectivity index is 2.37. The number of piperidine rings is 1. The van der Waals surface area contributed by atoms with Crippen LogP contribution in [-0.2, 0) is 0 Å². The van der Waals surface area contributed by atoms with Crippen LogP contribution in [0.25, 0.3) is 0 Å². The molecule has 0 aromatic heterocycles. The third kappa shape index (κ3) is 3.70. The molecule has 2 atom stereocenters. The molecule has 1 rings (SSSR count). The summed E-state index contributed by atoms with van der Waals surface area (Å²) in [6, 6.07) is 0.508. The molecule has 0 saturated carbocycles. The monoisotopic (exact) mass is 230 g/mol. The molecule has 16 heavy (non-hydrogen) atoms. The summed E-state index contributed by atoms with van der Waals surface area (Å²) >= 11 is 0. The summed E-state index contributed by atoms with van der Waals surface area (Å²) in [6.07, 6.45) is 1.14. The lowest BCUT2D eigenvalue weighted by molar-refractivity contribution is 0.0606. The number of hydrogen-bond acceptors (Lipinski definition) is 4. The van der Waals surface area contributed by atoms with Gasteiger partial charge < -0.3 is 20.4 Å². The van der Waals surface area contributed by atoms with E-state index < -0.39 is 5.41 Å². The van der Waals surface area contributed by atoms with Crippen LogP contribution in [0.15, 0.2) is 0 Å². The molecule has 1 fully saturated rings. The maximum Gasteiger partial charge on any atom is 0.0518 e. The largest absolute Gasteiger partial charge is 0.396 e. The SMILES string of the molecule is CC1CN(C)CCC1NCC(C)(CO)CO. The third-order valence-corrected chi connectivity index (χ3v) is 3.66. The molecule has 3 N–H and O–H groups in total. The van der Waals surface area contributed by atoms with E-state index in [2.05, 4.69) is 24.2 Å². The van der Waals surface area contributed by atoms with E-state index in [0.717, 1.165) is 19.5 Å². The fraction of sp³-hybridized carbons (Fsp3) is 1.00. The van der Waals surface area contributed by atoms with Gasteiger partial charge in [0.15, 0.2) is 0 Å². The zero-order valence-corrected chi connectivity index (χ0v) is 10.7. The molecule has 0 amide bonds. The van der Waals surface area contributed by atoms with E-state index >= 15 is 0 Å². The number of hydrogen-bond donors (Lipinski definition) is 3. The van der Waals surface area contributed by atoms with E-state index in [0.29, 0.717) is 18.5 Å². The number of rotatable bonds is 5. The van der Waals surface area contributed by atoms with Crippen molar-refractivity contribution in [2.75, 3.05) is 39.9 Å². The molecule has 0 aromatic carbocycles. The minimum absolute atomic E-state index is 0.0253. The van der Waals surface area contributed by atoms with Gasteiger partial charge in [-0.25, -0.2) is 0 Å². The minimum atomic E-state index is -0.400. The van der Waals surface area contributed by atoms with Crippen LogP contribution in [0.5, 0.6) is 0 Å². The van der Waals surface area contributed by atoms with Crippen molar-refractivity contribution in [1.82, 2.24) is 10.2 Å². The molecule has 1 aliphatic heterocycles. The molecule has 4 nitrogen and oxygen atoms in total. The molecule has 0 bridgehead atoms. The molecular formula is C12H26N2O2. The van der Waals surface area contributed by atoms with Gasteiger partial charge in [0.25, 0.3) is 0 Å². The second-order valence-corrected chi connectivity index (χ2v) is 5.64. The van der Waals surface area contributed by atoms with Crippen molar-refractivity contribution in [2.45, 2.75) is 26.3 Å². The van der Waals surface area contributed by atoms with Crippen LogP contribution >= 0.6 is 0 Å². The summed E-state index contributed by atoms with van der Waals surface area (Å²) in [5.41, 5.74) is -0.400. The molecular weight excluding hydrogens is 204 g/mol. The Kier molecular flexibility index (Phi) is 5.18. The van der Waals surface area contributed by atoms with Gasteiger partial charge in [0.05, 0.1) is 13.2 Å². The number of nitrogens with one attached hydrogen (secondary N) is 1. The Hall–Kier alpha value is -0.160. The van der Waals surface area contributed by atoms with Crippen LogP contribution < -0.4 is 5.32 Å². The highest BCUT2D eigenvalue weighted by Gasteiger charge is 2.28. The van der Waals surface area contributed by atoms with Crippen LogP contribution in [0.4, 0.5) is 0 Å². The number of likely N-dealkylation sites (tertiary alicyclic amines) is 1. The van der Waals surface area contributed by atoms with Crippen molar-refractivity contribution in [3.05, 3.63) is 0 Å². The van der Waals surface area contributed by atoms with E-state index in [4.69, 9.17) is 0 Å². The van der Waals surface area contributed by atoms with Crippen LogP contribution in [-0.4, -0.2) is 61.1 Å². The molecule has 0 spiro atoms. The number of aliphatic hydroxyl groups is 2. The molecule has 1 saturated heterocycles. The van der Waals surface area contributed by atoms with Crippen molar-refractivity contribution in [1.29, 1.82) is 0 Å². The minimum Gasteiger partial charge on any atom is -0.396 e. The zero-order valence-electron chi connectivity index (χ0n) is 10.7. The van der Waals surface area contributed by atoms with Crippen molar-refractivity contribution in [3.8, 4) is 0 Å². The molecule has 1 aliphatic rings. The van der Waals surface area contributed by atoms with E-state index in [-0.39, 0.29) is 13.2 Å². The van der Waals surface area contributed by atoms with E-state index in [9.17, 15) is 10.2 Å². The van der Waals surface area contributed by atoms with Crippen molar-refractivity contribution >= 4 is 0 Å². The second-order valence-electron chi connectivity index (χ2n) is 5.64. The lowest BCUT2D eigenvalue weighted by Crippen LogP contribution is -2.50. The second kappa shape index (κ2) is 5.96. The molecule has 0 radical (unpaired) electrons. The molecule has 0 aliphatic carbocycles. The average molecular weight is 230 g/mol. The van der Waals surface area contributed by atoms with E-state index in [1.165, 1.54) is 0 Å². The van der Waals surface area contributed by atoms with Crippen molar-refractivity contribution in [2.24, 2.45) is 11.3 Å². The van der Waals surface area contributed by atoms with Gasteiger partial charge in [0.2, 0.25) is 0 Å². The van der Waals surface area contributed by atoms with Gasteiger partial charge >= 0.3 is 0 Å². The summed E-state index contributed by atoms with van der Waals surface area (Å²) in [5.74, 6) is 0.625. The van der Waals surface area contributed by atoms with Gasteiger partial charge in [-0.15, -0.1) is 0 Å². The van der Waals surface area contributed by atoms with Gasteiger partial charge in [0.1, 0.15) is 0 Å². The standard InChI is InChI=1S/C12H26N2O2/c1-10-6-14(3)5-4-11(10)13-7-12(2,8-15)9-16/h10-11,13,15-16H,4-9H2,1-3H3. The maximum absolute atomic E-state index is 9.21. The Morgan fingerprint density at radius 3 is 2.50 bits per heavy atom. The van der Waals surface area contributed by atoms with Gasteiger partial charge in [0, 0.05) is 24.5 Å². The van der Waals surface area contributed by atoms with Crippen molar-refractivity contribution < 1.29 is 10.2 Å². The highest BCUT2D eigenvalue weighted by atomic mass is 16.3. The summed E-state index contributed by atoms with van der Waals surface area (Å²) in [6.45, 7) is 7.12. The topological polar surface area (TPSA) is 55.7 Å². The Morgan fingerprint density at radius 1 is 1.38 bits per heavy atom. The summed E-state index contributed by atoms with van der Waals surface area (Å²) < 4.78 is 0. The molecule has 1 heterocycles. The lowest BCUT2D eigenvalue weighted by Gasteiger charge is -2.37. The quantitative estimate of drug-likeness (QED) is 0.618. The molecule has 96 valence electrons. The average Bonchev–Trinajstić information content (AvgIpc) is 2.27. The Bertz CT molecular complexity index is 207. The van der Waals surface area contributed by atoms with Crippen LogP contribution in [0.2, 0.25) is 0 Å². The van der Waals surface area contributed by atoms with Crippen molar-refractivity contribution in [3.63, 3.8) is 0 Å². The summed E-state index contributed by atoms with van der Waals surface area (Å²) in [4.78, 5) is 2.35. The predicted molar refractivity (Wildman–Crippen MR) is 65.3 cm³/mol. The third-order valence-electron chi connectivity index (χ3n) is 3.66.